The number of halogens is 1. The molecule has 1 saturated heterocycles. The maximum absolute atomic E-state index is 5.71. The van der Waals surface area contributed by atoms with E-state index in [9.17, 15) is 0 Å². The van der Waals surface area contributed by atoms with Gasteiger partial charge >= 0.3 is 0 Å². The molecule has 0 amide bonds. The first-order valence-electron chi connectivity index (χ1n) is 7.62. The second kappa shape index (κ2) is 8.76. The van der Waals surface area contributed by atoms with Gasteiger partial charge in [-0.2, -0.15) is 0 Å². The number of ether oxygens (including phenoxy) is 1. The molecule has 1 N–H and O–H groups in total. The van der Waals surface area contributed by atoms with Gasteiger partial charge in [-0.1, -0.05) is 0 Å². The molecule has 1 aliphatic rings. The molecule has 0 bridgehead atoms. The van der Waals surface area contributed by atoms with E-state index in [2.05, 4.69) is 52.1 Å². The molecule has 0 aromatic carbocycles. The Bertz CT molecular complexity index is 456. The maximum Gasteiger partial charge on any atom is 0.194 e. The lowest BCUT2D eigenvalue weighted by molar-refractivity contribution is 0.0263. The fourth-order valence-electron chi connectivity index (χ4n) is 2.49. The average Bonchev–Trinajstić information content (AvgIpc) is 2.90. The van der Waals surface area contributed by atoms with Crippen molar-refractivity contribution in [1.82, 2.24) is 10.2 Å². The van der Waals surface area contributed by atoms with Crippen LogP contribution >= 0.6 is 27.3 Å². The van der Waals surface area contributed by atoms with Gasteiger partial charge in [0.25, 0.3) is 0 Å². The maximum atomic E-state index is 5.71. The Labute approximate surface area is 139 Å². The van der Waals surface area contributed by atoms with E-state index in [1.54, 1.807) is 11.3 Å². The normalized spacial score (nSPS) is 17.3. The summed E-state index contributed by atoms with van der Waals surface area (Å²) in [6, 6.07) is 4.21. The third-order valence-electron chi connectivity index (χ3n) is 3.49. The molecule has 0 aliphatic carbocycles. The van der Waals surface area contributed by atoms with Crippen molar-refractivity contribution >= 4 is 33.2 Å². The van der Waals surface area contributed by atoms with Crippen molar-refractivity contribution in [2.24, 2.45) is 4.99 Å². The van der Waals surface area contributed by atoms with Crippen LogP contribution in [0.5, 0.6) is 0 Å². The highest BCUT2D eigenvalue weighted by Crippen LogP contribution is 2.22. The Morgan fingerprint density at radius 3 is 2.76 bits per heavy atom. The monoisotopic (exact) mass is 373 g/mol. The molecule has 6 heteroatoms. The van der Waals surface area contributed by atoms with E-state index in [0.29, 0.717) is 6.10 Å². The minimum absolute atomic E-state index is 0.419. The number of guanidine groups is 1. The predicted octanol–water partition coefficient (Wildman–Crippen LogP) is 3.48. The van der Waals surface area contributed by atoms with Gasteiger partial charge in [0.15, 0.2) is 5.96 Å². The van der Waals surface area contributed by atoms with Crippen molar-refractivity contribution in [1.29, 1.82) is 0 Å². The summed E-state index contributed by atoms with van der Waals surface area (Å²) >= 11 is 5.24. The largest absolute Gasteiger partial charge is 0.378 e. The van der Waals surface area contributed by atoms with Gasteiger partial charge < -0.3 is 15.0 Å². The molecule has 2 rings (SSSR count). The first kappa shape index (κ1) is 16.8. The first-order chi connectivity index (χ1) is 10.2. The van der Waals surface area contributed by atoms with Crippen LogP contribution in [0.25, 0.3) is 0 Å². The highest BCUT2D eigenvalue weighted by atomic mass is 79.9. The fourth-order valence-corrected chi connectivity index (χ4v) is 3.89. The van der Waals surface area contributed by atoms with Crippen LogP contribution in [-0.4, -0.2) is 43.2 Å². The van der Waals surface area contributed by atoms with Gasteiger partial charge in [0.1, 0.15) is 0 Å². The van der Waals surface area contributed by atoms with Crippen molar-refractivity contribution in [2.45, 2.75) is 39.3 Å². The zero-order valence-corrected chi connectivity index (χ0v) is 15.2. The number of hydrogen-bond donors (Lipinski definition) is 1. The molecule has 4 nitrogen and oxygen atoms in total. The third-order valence-corrected chi connectivity index (χ3v) is 5.10. The lowest BCUT2D eigenvalue weighted by atomic mass is 10.1. The molecule has 0 saturated carbocycles. The molecule has 2 heterocycles. The van der Waals surface area contributed by atoms with Crippen LogP contribution in [0, 0.1) is 0 Å². The molecule has 0 radical (unpaired) electrons. The minimum Gasteiger partial charge on any atom is -0.378 e. The molecule has 1 aliphatic heterocycles. The number of piperidine rings is 1. The molecule has 1 fully saturated rings. The number of thiophene rings is 1. The highest BCUT2D eigenvalue weighted by molar-refractivity contribution is 9.11. The van der Waals surface area contributed by atoms with Crippen LogP contribution in [0.1, 0.15) is 31.6 Å². The second-order valence-electron chi connectivity index (χ2n) is 5.02. The fraction of sp³-hybridized carbons (Fsp3) is 0.667. The van der Waals surface area contributed by atoms with Crippen molar-refractivity contribution in [3.63, 3.8) is 0 Å². The van der Waals surface area contributed by atoms with Crippen LogP contribution in [0.3, 0.4) is 0 Å². The van der Waals surface area contributed by atoms with Gasteiger partial charge in [-0.3, -0.25) is 0 Å². The van der Waals surface area contributed by atoms with Crippen molar-refractivity contribution < 1.29 is 4.74 Å². The molecule has 0 unspecified atom stereocenters. The van der Waals surface area contributed by atoms with Crippen LogP contribution in [-0.2, 0) is 11.3 Å². The van der Waals surface area contributed by atoms with Gasteiger partial charge in [-0.15, -0.1) is 11.3 Å². The summed E-state index contributed by atoms with van der Waals surface area (Å²) in [4.78, 5) is 8.40. The van der Waals surface area contributed by atoms with E-state index in [1.807, 2.05) is 0 Å². The Hall–Kier alpha value is -0.590. The molecule has 1 aromatic heterocycles. The zero-order valence-electron chi connectivity index (χ0n) is 12.8. The summed E-state index contributed by atoms with van der Waals surface area (Å²) in [7, 11) is 0. The molecular weight excluding hydrogens is 350 g/mol. The number of aliphatic imine (C=N–C) groups is 1. The van der Waals surface area contributed by atoms with Crippen LogP contribution < -0.4 is 5.32 Å². The van der Waals surface area contributed by atoms with Gasteiger partial charge in [-0.05, 0) is 54.8 Å². The molecule has 1 aromatic rings. The van der Waals surface area contributed by atoms with Gasteiger partial charge in [-0.25, -0.2) is 4.99 Å². The summed E-state index contributed by atoms with van der Waals surface area (Å²) in [5.74, 6) is 1.02. The highest BCUT2D eigenvalue weighted by Gasteiger charge is 2.21. The van der Waals surface area contributed by atoms with Crippen LogP contribution in [0.2, 0.25) is 0 Å². The third kappa shape index (κ3) is 5.27. The smallest absolute Gasteiger partial charge is 0.194 e. The summed E-state index contributed by atoms with van der Waals surface area (Å²) in [5, 5.41) is 3.40. The first-order valence-corrected chi connectivity index (χ1v) is 9.23. The topological polar surface area (TPSA) is 36.9 Å². The number of hydrogen-bond acceptors (Lipinski definition) is 3. The molecule has 21 heavy (non-hydrogen) atoms. The number of nitrogens with one attached hydrogen (secondary N) is 1. The Morgan fingerprint density at radius 2 is 2.19 bits per heavy atom. The minimum atomic E-state index is 0.419. The molecule has 0 atom stereocenters. The standard InChI is InChI=1S/C15H24BrN3OS/c1-3-17-15(18-11-13-5-6-14(16)21-13)19-9-7-12(8-10-19)20-4-2/h5-6,12H,3-4,7-11H2,1-2H3,(H,17,18). The summed E-state index contributed by atoms with van der Waals surface area (Å²) < 4.78 is 6.87. The van der Waals surface area contributed by atoms with E-state index in [0.717, 1.165) is 55.4 Å². The zero-order chi connectivity index (χ0) is 15.1. The van der Waals surface area contributed by atoms with Gasteiger partial charge in [0.05, 0.1) is 16.4 Å². The van der Waals surface area contributed by atoms with E-state index >= 15 is 0 Å². The summed E-state index contributed by atoms with van der Waals surface area (Å²) in [5.41, 5.74) is 0. The second-order valence-corrected chi connectivity index (χ2v) is 7.57. The van der Waals surface area contributed by atoms with E-state index in [-0.39, 0.29) is 0 Å². The lowest BCUT2D eigenvalue weighted by Crippen LogP contribution is -2.47. The molecule has 118 valence electrons. The predicted molar refractivity (Wildman–Crippen MR) is 93.1 cm³/mol. The van der Waals surface area contributed by atoms with Crippen molar-refractivity contribution in [3.8, 4) is 0 Å². The Kier molecular flexibility index (Phi) is 6.99. The van der Waals surface area contributed by atoms with E-state index in [1.165, 1.54) is 4.88 Å². The van der Waals surface area contributed by atoms with Gasteiger partial charge in [0.2, 0.25) is 0 Å². The van der Waals surface area contributed by atoms with Crippen molar-refractivity contribution in [3.05, 3.63) is 20.8 Å². The number of nitrogens with zero attached hydrogens (tertiary/aromatic N) is 2. The van der Waals surface area contributed by atoms with Crippen molar-refractivity contribution in [2.75, 3.05) is 26.2 Å². The van der Waals surface area contributed by atoms with Crippen LogP contribution in [0.4, 0.5) is 0 Å². The van der Waals surface area contributed by atoms with E-state index in [4.69, 9.17) is 9.73 Å². The number of likely N-dealkylation sites (tertiary alicyclic amines) is 1. The molecule has 0 spiro atoms. The number of rotatable bonds is 5. The van der Waals surface area contributed by atoms with E-state index < -0.39 is 0 Å². The quantitative estimate of drug-likeness (QED) is 0.633. The molecular formula is C15H24BrN3OS. The van der Waals surface area contributed by atoms with Gasteiger partial charge in [0, 0.05) is 31.1 Å². The average molecular weight is 374 g/mol. The Morgan fingerprint density at radius 1 is 1.43 bits per heavy atom. The SMILES string of the molecule is CCNC(=NCc1ccc(Br)s1)N1CCC(OCC)CC1. The van der Waals surface area contributed by atoms with Crippen LogP contribution in [0.15, 0.2) is 20.9 Å². The summed E-state index contributed by atoms with van der Waals surface area (Å²) in [6.45, 7) is 8.67. The Balaban J connectivity index is 1.92. The lowest BCUT2D eigenvalue weighted by Gasteiger charge is -2.34. The summed E-state index contributed by atoms with van der Waals surface area (Å²) in [6.07, 6.45) is 2.59.